The van der Waals surface area contributed by atoms with Gasteiger partial charge in [0.15, 0.2) is 0 Å². The minimum absolute atomic E-state index is 0.521. The number of aliphatic imine (C=N–C) groups is 1. The van der Waals surface area contributed by atoms with Crippen molar-refractivity contribution in [1.29, 1.82) is 0 Å². The molecule has 2 aromatic carbocycles. The first-order chi connectivity index (χ1) is 13.5. The molecule has 0 spiro atoms. The number of halogens is 4. The Morgan fingerprint density at radius 3 is 2.25 bits per heavy atom. The zero-order valence-electron chi connectivity index (χ0n) is 15.7. The molecule has 8 heteroatoms. The highest BCUT2D eigenvalue weighted by Crippen LogP contribution is 2.37. The predicted molar refractivity (Wildman–Crippen MR) is 127 cm³/mol. The van der Waals surface area contributed by atoms with Crippen molar-refractivity contribution in [2.75, 3.05) is 43.5 Å². The van der Waals surface area contributed by atoms with Gasteiger partial charge >= 0.3 is 0 Å². The van der Waals surface area contributed by atoms with Crippen LogP contribution in [0.4, 0.5) is 11.4 Å². The average molecular weight is 553 g/mol. The third kappa shape index (κ3) is 6.28. The van der Waals surface area contributed by atoms with E-state index in [1.165, 1.54) is 0 Å². The van der Waals surface area contributed by atoms with Crippen molar-refractivity contribution < 1.29 is 9.47 Å². The first-order valence-corrected chi connectivity index (χ1v) is 11.4. The van der Waals surface area contributed by atoms with Crippen molar-refractivity contribution in [3.8, 4) is 11.5 Å². The lowest BCUT2D eigenvalue weighted by molar-refractivity contribution is 0.340. The molecule has 0 saturated heterocycles. The Labute approximate surface area is 193 Å². The summed E-state index contributed by atoms with van der Waals surface area (Å²) in [7, 11) is 1.63. The highest BCUT2D eigenvalue weighted by Gasteiger charge is 2.12. The van der Waals surface area contributed by atoms with E-state index in [4.69, 9.17) is 32.7 Å². The van der Waals surface area contributed by atoms with Gasteiger partial charge in [0.25, 0.3) is 0 Å². The molecule has 0 aromatic heterocycles. The van der Waals surface area contributed by atoms with Crippen LogP contribution in [-0.2, 0) is 0 Å². The molecule has 0 radical (unpaired) electrons. The molecule has 0 unspecified atom stereocenters. The number of alkyl halides is 2. The average Bonchev–Trinajstić information content (AvgIpc) is 2.66. The van der Waals surface area contributed by atoms with Crippen LogP contribution in [0.25, 0.3) is 0 Å². The minimum atomic E-state index is 0.521. The summed E-state index contributed by atoms with van der Waals surface area (Å²) in [6.07, 6.45) is 1.81. The number of benzene rings is 2. The number of anilines is 1. The molecule has 0 atom stereocenters. The SMILES string of the molecule is CCOc1cc(C=Nc2cc(Br)c(OC)c(Br)c2)ccc1N(CCCl)CCCl. The second-order valence-electron chi connectivity index (χ2n) is 5.73. The third-order valence-corrected chi connectivity index (χ3v) is 5.40. The highest BCUT2D eigenvalue weighted by atomic mass is 79.9. The van der Waals surface area contributed by atoms with E-state index in [9.17, 15) is 0 Å². The third-order valence-electron chi connectivity index (χ3n) is 3.88. The van der Waals surface area contributed by atoms with E-state index in [-0.39, 0.29) is 0 Å². The quantitative estimate of drug-likeness (QED) is 0.244. The fourth-order valence-corrected chi connectivity index (χ4v) is 4.56. The van der Waals surface area contributed by atoms with Crippen LogP contribution in [0.15, 0.2) is 44.3 Å². The molecular formula is C20H22Br2Cl2N2O2. The topological polar surface area (TPSA) is 34.1 Å². The molecule has 2 rings (SSSR count). The Morgan fingerprint density at radius 2 is 1.71 bits per heavy atom. The van der Waals surface area contributed by atoms with Crippen molar-refractivity contribution >= 4 is 72.7 Å². The number of methoxy groups -OCH3 is 1. The van der Waals surface area contributed by atoms with E-state index in [0.29, 0.717) is 31.5 Å². The number of rotatable bonds is 10. The molecule has 152 valence electrons. The van der Waals surface area contributed by atoms with Crippen LogP contribution in [0.2, 0.25) is 0 Å². The van der Waals surface area contributed by atoms with Crippen molar-refractivity contribution in [2.24, 2.45) is 4.99 Å². The summed E-state index contributed by atoms with van der Waals surface area (Å²) in [5.74, 6) is 2.57. The van der Waals surface area contributed by atoms with E-state index in [1.54, 1.807) is 13.3 Å². The molecule has 0 aliphatic rings. The van der Waals surface area contributed by atoms with Crippen molar-refractivity contribution in [1.82, 2.24) is 0 Å². The second-order valence-corrected chi connectivity index (χ2v) is 8.19. The molecule has 2 aromatic rings. The smallest absolute Gasteiger partial charge is 0.147 e. The molecule has 0 N–H and O–H groups in total. The summed E-state index contributed by atoms with van der Waals surface area (Å²) in [6.45, 7) is 3.94. The zero-order valence-corrected chi connectivity index (χ0v) is 20.4. The lowest BCUT2D eigenvalue weighted by Gasteiger charge is -2.25. The molecule has 0 saturated carbocycles. The van der Waals surface area contributed by atoms with Crippen LogP contribution < -0.4 is 14.4 Å². The summed E-state index contributed by atoms with van der Waals surface area (Å²) in [6, 6.07) is 9.81. The Bertz CT molecular complexity index is 790. The van der Waals surface area contributed by atoms with E-state index < -0.39 is 0 Å². The van der Waals surface area contributed by atoms with E-state index in [1.807, 2.05) is 37.3 Å². The standard InChI is InChI=1S/C20H22Br2Cl2N2O2/c1-3-28-19-10-14(4-5-18(19)26(8-6-23)9-7-24)13-25-15-11-16(21)20(27-2)17(22)12-15/h4-5,10-13H,3,6-9H2,1-2H3. The fraction of sp³-hybridized carbons (Fsp3) is 0.350. The van der Waals surface area contributed by atoms with Gasteiger partial charge in [0.2, 0.25) is 0 Å². The Hall–Kier alpha value is -0.950. The number of hydrogen-bond donors (Lipinski definition) is 0. The molecule has 0 fully saturated rings. The van der Waals surface area contributed by atoms with Gasteiger partial charge in [-0.2, -0.15) is 0 Å². The first kappa shape index (κ1) is 23.3. The van der Waals surface area contributed by atoms with Crippen LogP contribution in [0.1, 0.15) is 12.5 Å². The van der Waals surface area contributed by atoms with Gasteiger partial charge in [0, 0.05) is 31.1 Å². The molecule has 0 aliphatic heterocycles. The molecular weight excluding hydrogens is 531 g/mol. The van der Waals surface area contributed by atoms with Crippen molar-refractivity contribution in [3.63, 3.8) is 0 Å². The monoisotopic (exact) mass is 550 g/mol. The normalized spacial score (nSPS) is 11.1. The molecule has 0 heterocycles. The van der Waals surface area contributed by atoms with Gasteiger partial charge < -0.3 is 14.4 Å². The van der Waals surface area contributed by atoms with Gasteiger partial charge in [-0.25, -0.2) is 0 Å². The summed E-state index contributed by atoms with van der Waals surface area (Å²) in [5, 5.41) is 0. The van der Waals surface area contributed by atoms with E-state index in [0.717, 1.165) is 37.4 Å². The number of nitrogens with zero attached hydrogens (tertiary/aromatic N) is 2. The molecule has 4 nitrogen and oxygen atoms in total. The molecule has 0 aliphatic carbocycles. The first-order valence-electron chi connectivity index (χ1n) is 8.74. The van der Waals surface area contributed by atoms with Crippen molar-refractivity contribution in [3.05, 3.63) is 44.8 Å². The van der Waals surface area contributed by atoms with Gasteiger partial charge in [-0.1, -0.05) is 6.07 Å². The van der Waals surface area contributed by atoms with Gasteiger partial charge in [0.05, 0.1) is 34.0 Å². The number of ether oxygens (including phenoxy) is 2. The Balaban J connectivity index is 2.31. The molecule has 0 amide bonds. The Kier molecular flexibility index (Phi) is 9.92. The maximum Gasteiger partial charge on any atom is 0.147 e. The summed E-state index contributed by atoms with van der Waals surface area (Å²) in [4.78, 5) is 6.70. The van der Waals surface area contributed by atoms with Gasteiger partial charge in [-0.05, 0) is 68.6 Å². The number of hydrogen-bond acceptors (Lipinski definition) is 4. The lowest BCUT2D eigenvalue weighted by Crippen LogP contribution is -2.28. The van der Waals surface area contributed by atoms with Crippen molar-refractivity contribution in [2.45, 2.75) is 6.92 Å². The zero-order chi connectivity index (χ0) is 20.5. The van der Waals surface area contributed by atoms with Crippen LogP contribution >= 0.6 is 55.1 Å². The summed E-state index contributed by atoms with van der Waals surface area (Å²) in [5.41, 5.74) is 2.72. The maximum atomic E-state index is 5.94. The summed E-state index contributed by atoms with van der Waals surface area (Å²) >= 11 is 18.9. The largest absolute Gasteiger partial charge is 0.494 e. The van der Waals surface area contributed by atoms with Crippen LogP contribution in [0.3, 0.4) is 0 Å². The lowest BCUT2D eigenvalue weighted by atomic mass is 10.2. The van der Waals surface area contributed by atoms with Crippen LogP contribution in [0, 0.1) is 0 Å². The molecule has 0 bridgehead atoms. The predicted octanol–water partition coefficient (Wildman–Crippen LogP) is 6.65. The van der Waals surface area contributed by atoms with E-state index >= 15 is 0 Å². The van der Waals surface area contributed by atoms with Gasteiger partial charge in [-0.15, -0.1) is 23.2 Å². The maximum absolute atomic E-state index is 5.94. The van der Waals surface area contributed by atoms with Gasteiger partial charge in [-0.3, -0.25) is 4.99 Å². The highest BCUT2D eigenvalue weighted by molar-refractivity contribution is 9.11. The second kappa shape index (κ2) is 11.9. The Morgan fingerprint density at radius 1 is 1.07 bits per heavy atom. The van der Waals surface area contributed by atoms with Gasteiger partial charge in [0.1, 0.15) is 11.5 Å². The summed E-state index contributed by atoms with van der Waals surface area (Å²) < 4.78 is 12.8. The molecule has 28 heavy (non-hydrogen) atoms. The van der Waals surface area contributed by atoms with Crippen LogP contribution in [-0.4, -0.2) is 44.8 Å². The minimum Gasteiger partial charge on any atom is -0.494 e. The van der Waals surface area contributed by atoms with Crippen LogP contribution in [0.5, 0.6) is 11.5 Å². The fourth-order valence-electron chi connectivity index (χ4n) is 2.67. The van der Waals surface area contributed by atoms with E-state index in [2.05, 4.69) is 41.8 Å².